The Morgan fingerprint density at radius 3 is 2.52 bits per heavy atom. The number of ether oxygens (including phenoxy) is 2. The molecule has 124 valence electrons. The molecule has 0 radical (unpaired) electrons. The molecule has 6 nitrogen and oxygen atoms in total. The van der Waals surface area contributed by atoms with Crippen LogP contribution >= 0.6 is 0 Å². The summed E-state index contributed by atoms with van der Waals surface area (Å²) in [7, 11) is 1.59. The van der Waals surface area contributed by atoms with Crippen LogP contribution in [0.3, 0.4) is 0 Å². The molecular weight excluding hydrogens is 296 g/mol. The summed E-state index contributed by atoms with van der Waals surface area (Å²) in [5.74, 6) is 0.605. The molecule has 2 rings (SSSR count). The number of hydrogen-bond acceptors (Lipinski definition) is 4. The molecule has 0 aliphatic carbocycles. The highest BCUT2D eigenvalue weighted by Crippen LogP contribution is 2.14. The van der Waals surface area contributed by atoms with Gasteiger partial charge in [0.15, 0.2) is 0 Å². The summed E-state index contributed by atoms with van der Waals surface area (Å²) in [6, 6.07) is 7.04. The van der Waals surface area contributed by atoms with Crippen molar-refractivity contribution >= 4 is 12.0 Å². The highest BCUT2D eigenvalue weighted by Gasteiger charge is 2.24. The van der Waals surface area contributed by atoms with Gasteiger partial charge in [-0.05, 0) is 37.1 Å². The average molecular weight is 318 g/mol. The second kappa shape index (κ2) is 8.22. The van der Waals surface area contributed by atoms with Gasteiger partial charge in [-0.15, -0.1) is 0 Å². The van der Waals surface area contributed by atoms with E-state index in [-0.39, 0.29) is 24.6 Å². The third kappa shape index (κ3) is 4.74. The van der Waals surface area contributed by atoms with Gasteiger partial charge in [-0.1, -0.05) is 12.7 Å². The standard InChI is InChI=1S/C17H22N2O4/c1-3-12-23-17(21)19-10-8-14(9-11-19)18-16(20)13-4-6-15(22-2)7-5-13/h3-7,14H,1,8-12H2,2H3,(H,18,20). The third-order valence-electron chi connectivity index (χ3n) is 3.77. The molecular formula is C17H22N2O4. The number of hydrogen-bond donors (Lipinski definition) is 1. The maximum absolute atomic E-state index is 12.2. The van der Waals surface area contributed by atoms with Crippen molar-refractivity contribution in [1.82, 2.24) is 10.2 Å². The van der Waals surface area contributed by atoms with Gasteiger partial charge in [-0.25, -0.2) is 4.79 Å². The lowest BCUT2D eigenvalue weighted by atomic mass is 10.0. The molecule has 1 heterocycles. The van der Waals surface area contributed by atoms with Crippen LogP contribution in [0.1, 0.15) is 23.2 Å². The maximum Gasteiger partial charge on any atom is 0.410 e. The van der Waals surface area contributed by atoms with Crippen LogP contribution in [0, 0.1) is 0 Å². The van der Waals surface area contributed by atoms with Crippen molar-refractivity contribution < 1.29 is 19.1 Å². The van der Waals surface area contributed by atoms with Gasteiger partial charge in [0.1, 0.15) is 12.4 Å². The van der Waals surface area contributed by atoms with E-state index < -0.39 is 0 Å². The molecule has 0 saturated carbocycles. The van der Waals surface area contributed by atoms with Crippen LogP contribution in [-0.4, -0.2) is 49.7 Å². The first-order chi connectivity index (χ1) is 11.1. The van der Waals surface area contributed by atoms with Crippen LogP contribution < -0.4 is 10.1 Å². The lowest BCUT2D eigenvalue weighted by Crippen LogP contribution is -2.46. The van der Waals surface area contributed by atoms with Gasteiger partial charge in [0.05, 0.1) is 7.11 Å². The van der Waals surface area contributed by atoms with E-state index in [9.17, 15) is 9.59 Å². The Morgan fingerprint density at radius 2 is 1.96 bits per heavy atom. The number of carbonyl (C=O) groups is 2. The topological polar surface area (TPSA) is 67.9 Å². The number of nitrogens with zero attached hydrogens (tertiary/aromatic N) is 1. The first kappa shape index (κ1) is 16.9. The molecule has 0 aromatic heterocycles. The maximum atomic E-state index is 12.2. The van der Waals surface area contributed by atoms with Gasteiger partial charge in [0.2, 0.25) is 0 Å². The molecule has 0 atom stereocenters. The van der Waals surface area contributed by atoms with Gasteiger partial charge in [-0.2, -0.15) is 0 Å². The SMILES string of the molecule is C=CCOC(=O)N1CCC(NC(=O)c2ccc(OC)cc2)CC1. The molecule has 0 unspecified atom stereocenters. The monoisotopic (exact) mass is 318 g/mol. The second-order valence-corrected chi connectivity index (χ2v) is 5.33. The number of benzene rings is 1. The molecule has 0 spiro atoms. The molecule has 1 N–H and O–H groups in total. The zero-order valence-electron chi connectivity index (χ0n) is 13.3. The van der Waals surface area contributed by atoms with Crippen molar-refractivity contribution in [3.63, 3.8) is 0 Å². The van der Waals surface area contributed by atoms with Crippen LogP contribution in [-0.2, 0) is 4.74 Å². The molecule has 6 heteroatoms. The summed E-state index contributed by atoms with van der Waals surface area (Å²) in [5.41, 5.74) is 0.596. The molecule has 0 bridgehead atoms. The van der Waals surface area contributed by atoms with E-state index in [0.29, 0.717) is 37.2 Å². The van der Waals surface area contributed by atoms with E-state index in [1.54, 1.807) is 42.4 Å². The fourth-order valence-electron chi connectivity index (χ4n) is 2.44. The Bertz CT molecular complexity index is 548. The minimum atomic E-state index is -0.329. The Hall–Kier alpha value is -2.50. The lowest BCUT2D eigenvalue weighted by Gasteiger charge is -2.31. The van der Waals surface area contributed by atoms with E-state index in [1.807, 2.05) is 0 Å². The number of likely N-dealkylation sites (tertiary alicyclic amines) is 1. The smallest absolute Gasteiger partial charge is 0.410 e. The van der Waals surface area contributed by atoms with E-state index in [1.165, 1.54) is 0 Å². The van der Waals surface area contributed by atoms with Gasteiger partial charge in [0.25, 0.3) is 5.91 Å². The third-order valence-corrected chi connectivity index (χ3v) is 3.77. The molecule has 1 saturated heterocycles. The molecule has 23 heavy (non-hydrogen) atoms. The van der Waals surface area contributed by atoms with Crippen LogP contribution in [0.25, 0.3) is 0 Å². The normalized spacial score (nSPS) is 14.9. The number of piperidine rings is 1. The Labute approximate surface area is 136 Å². The van der Waals surface area contributed by atoms with Gasteiger partial charge in [-0.3, -0.25) is 4.79 Å². The van der Waals surface area contributed by atoms with Crippen molar-refractivity contribution in [2.75, 3.05) is 26.8 Å². The average Bonchev–Trinajstić information content (AvgIpc) is 2.60. The summed E-state index contributed by atoms with van der Waals surface area (Å²) < 4.78 is 10.1. The predicted molar refractivity (Wildman–Crippen MR) is 86.6 cm³/mol. The van der Waals surface area contributed by atoms with Crippen molar-refractivity contribution in [1.29, 1.82) is 0 Å². The van der Waals surface area contributed by atoms with Crippen LogP contribution in [0.5, 0.6) is 5.75 Å². The first-order valence-electron chi connectivity index (χ1n) is 7.61. The zero-order valence-corrected chi connectivity index (χ0v) is 13.3. The molecule has 1 aliphatic rings. The Morgan fingerprint density at radius 1 is 1.30 bits per heavy atom. The summed E-state index contributed by atoms with van der Waals surface area (Å²) in [6.07, 6.45) is 2.64. The van der Waals surface area contributed by atoms with Gasteiger partial charge >= 0.3 is 6.09 Å². The number of nitrogens with one attached hydrogen (secondary N) is 1. The summed E-state index contributed by atoms with van der Waals surface area (Å²) >= 11 is 0. The van der Waals surface area contributed by atoms with E-state index >= 15 is 0 Å². The fraction of sp³-hybridized carbons (Fsp3) is 0.412. The van der Waals surface area contributed by atoms with Crippen LogP contribution in [0.4, 0.5) is 4.79 Å². The molecule has 2 amide bonds. The van der Waals surface area contributed by atoms with E-state index in [4.69, 9.17) is 9.47 Å². The fourth-order valence-corrected chi connectivity index (χ4v) is 2.44. The van der Waals surface area contributed by atoms with Gasteiger partial charge in [0, 0.05) is 24.7 Å². The van der Waals surface area contributed by atoms with E-state index in [2.05, 4.69) is 11.9 Å². The number of carbonyl (C=O) groups excluding carboxylic acids is 2. The predicted octanol–water partition coefficient (Wildman–Crippen LogP) is 2.21. The Kier molecular flexibility index (Phi) is 6.02. The molecule has 1 aliphatic heterocycles. The van der Waals surface area contributed by atoms with Crippen molar-refractivity contribution in [2.24, 2.45) is 0 Å². The molecule has 1 aromatic rings. The lowest BCUT2D eigenvalue weighted by molar-refractivity contribution is 0.0874. The zero-order chi connectivity index (χ0) is 16.7. The van der Waals surface area contributed by atoms with Gasteiger partial charge < -0.3 is 19.7 Å². The number of methoxy groups -OCH3 is 1. The summed E-state index contributed by atoms with van der Waals surface area (Å²) in [6.45, 7) is 4.87. The van der Waals surface area contributed by atoms with Crippen LogP contribution in [0.15, 0.2) is 36.9 Å². The van der Waals surface area contributed by atoms with Crippen LogP contribution in [0.2, 0.25) is 0 Å². The minimum Gasteiger partial charge on any atom is -0.497 e. The second-order valence-electron chi connectivity index (χ2n) is 5.33. The van der Waals surface area contributed by atoms with Crippen molar-refractivity contribution in [3.05, 3.63) is 42.5 Å². The molecule has 1 fully saturated rings. The number of amides is 2. The Balaban J connectivity index is 1.80. The quantitative estimate of drug-likeness (QED) is 0.845. The highest BCUT2D eigenvalue weighted by atomic mass is 16.6. The largest absolute Gasteiger partial charge is 0.497 e. The van der Waals surface area contributed by atoms with Crippen molar-refractivity contribution in [3.8, 4) is 5.75 Å². The minimum absolute atomic E-state index is 0.0630. The summed E-state index contributed by atoms with van der Waals surface area (Å²) in [5, 5.41) is 3.00. The molecule has 1 aromatic carbocycles. The number of rotatable bonds is 5. The first-order valence-corrected chi connectivity index (χ1v) is 7.61. The van der Waals surface area contributed by atoms with E-state index in [0.717, 1.165) is 0 Å². The van der Waals surface area contributed by atoms with Crippen molar-refractivity contribution in [2.45, 2.75) is 18.9 Å². The summed E-state index contributed by atoms with van der Waals surface area (Å²) in [4.78, 5) is 25.6. The highest BCUT2D eigenvalue weighted by molar-refractivity contribution is 5.94.